The second kappa shape index (κ2) is 5.95. The second-order valence-corrected chi connectivity index (χ2v) is 5.17. The Kier molecular flexibility index (Phi) is 5.12. The van der Waals surface area contributed by atoms with E-state index in [4.69, 9.17) is 0 Å². The fourth-order valence-electron chi connectivity index (χ4n) is 1.90. The van der Waals surface area contributed by atoms with E-state index in [2.05, 4.69) is 5.32 Å². The Morgan fingerprint density at radius 3 is 2.65 bits per heavy atom. The zero-order chi connectivity index (χ0) is 13.1. The third kappa shape index (κ3) is 4.39. The van der Waals surface area contributed by atoms with Crippen molar-refractivity contribution in [2.24, 2.45) is 0 Å². The molecule has 100 valence electrons. The molecule has 1 amide bonds. The molecule has 1 rings (SSSR count). The monoisotopic (exact) mass is 270 g/mol. The van der Waals surface area contributed by atoms with Crippen LogP contribution in [0.15, 0.2) is 0 Å². The Morgan fingerprint density at radius 2 is 2.12 bits per heavy atom. The van der Waals surface area contributed by atoms with Gasteiger partial charge in [0.15, 0.2) is 0 Å². The van der Waals surface area contributed by atoms with Crippen molar-refractivity contribution in [3.05, 3.63) is 0 Å². The zero-order valence-corrected chi connectivity index (χ0v) is 10.7. The molecule has 0 saturated carbocycles. The van der Waals surface area contributed by atoms with Crippen molar-refractivity contribution in [1.82, 2.24) is 10.2 Å². The molecule has 7 heteroatoms. The number of carbonyl (C=O) groups excluding carboxylic acids is 1. The zero-order valence-electron chi connectivity index (χ0n) is 9.88. The third-order valence-electron chi connectivity index (χ3n) is 2.67. The normalized spacial score (nSPS) is 25.7. The number of halogens is 3. The number of amides is 1. The first kappa shape index (κ1) is 14.6. The Balaban J connectivity index is 2.41. The maximum Gasteiger partial charge on any atom is 0.441 e. The Hall–Kier alpha value is -0.430. The van der Waals surface area contributed by atoms with Crippen molar-refractivity contribution >= 4 is 17.7 Å². The van der Waals surface area contributed by atoms with Crippen LogP contribution >= 0.6 is 11.8 Å². The van der Waals surface area contributed by atoms with E-state index in [1.807, 2.05) is 6.92 Å². The summed E-state index contributed by atoms with van der Waals surface area (Å²) in [6, 6.07) is -0.231. The maximum absolute atomic E-state index is 12.0. The van der Waals surface area contributed by atoms with Crippen LogP contribution in [0.1, 0.15) is 26.7 Å². The van der Waals surface area contributed by atoms with Gasteiger partial charge in [0.2, 0.25) is 5.91 Å². The van der Waals surface area contributed by atoms with Crippen LogP contribution < -0.4 is 5.32 Å². The minimum absolute atomic E-state index is 0.0814. The van der Waals surface area contributed by atoms with Crippen LogP contribution in [-0.2, 0) is 4.79 Å². The molecule has 2 unspecified atom stereocenters. The molecule has 0 aliphatic carbocycles. The summed E-state index contributed by atoms with van der Waals surface area (Å²) in [5, 5.41) is 3.09. The van der Waals surface area contributed by atoms with Gasteiger partial charge in [0.05, 0.1) is 12.2 Å². The molecular formula is C10H17F3N2OS. The molecule has 1 N–H and O–H groups in total. The Morgan fingerprint density at radius 1 is 1.47 bits per heavy atom. The van der Waals surface area contributed by atoms with E-state index < -0.39 is 5.51 Å². The molecule has 1 heterocycles. The lowest BCUT2D eigenvalue weighted by Gasteiger charge is -2.20. The number of thioether (sulfide) groups is 1. The van der Waals surface area contributed by atoms with Gasteiger partial charge in [0, 0.05) is 12.3 Å². The summed E-state index contributed by atoms with van der Waals surface area (Å²) in [6.45, 7) is 3.91. The molecule has 1 aliphatic rings. The van der Waals surface area contributed by atoms with Gasteiger partial charge in [-0.25, -0.2) is 0 Å². The van der Waals surface area contributed by atoms with Gasteiger partial charge in [-0.3, -0.25) is 10.1 Å². The minimum atomic E-state index is -4.22. The predicted molar refractivity (Wildman–Crippen MR) is 61.5 cm³/mol. The van der Waals surface area contributed by atoms with Gasteiger partial charge in [-0.1, -0.05) is 13.3 Å². The fraction of sp³-hybridized carbons (Fsp3) is 0.900. The van der Waals surface area contributed by atoms with E-state index in [0.29, 0.717) is 0 Å². The number of nitrogens with zero attached hydrogens (tertiary/aromatic N) is 1. The van der Waals surface area contributed by atoms with Crippen LogP contribution in [0.4, 0.5) is 13.2 Å². The van der Waals surface area contributed by atoms with Crippen molar-refractivity contribution in [1.29, 1.82) is 0 Å². The number of rotatable bonds is 5. The van der Waals surface area contributed by atoms with Crippen molar-refractivity contribution in [3.8, 4) is 0 Å². The van der Waals surface area contributed by atoms with Gasteiger partial charge in [-0.15, -0.1) is 0 Å². The fourth-order valence-corrected chi connectivity index (χ4v) is 2.42. The summed E-state index contributed by atoms with van der Waals surface area (Å²) in [5.41, 5.74) is -4.22. The van der Waals surface area contributed by atoms with Crippen molar-refractivity contribution in [2.45, 2.75) is 44.4 Å². The molecule has 1 saturated heterocycles. The van der Waals surface area contributed by atoms with Crippen molar-refractivity contribution < 1.29 is 18.0 Å². The molecule has 1 fully saturated rings. The largest absolute Gasteiger partial charge is 0.441 e. The van der Waals surface area contributed by atoms with Crippen LogP contribution in [0, 0.1) is 0 Å². The van der Waals surface area contributed by atoms with E-state index in [-0.39, 0.29) is 42.2 Å². The highest BCUT2D eigenvalue weighted by Crippen LogP contribution is 2.30. The molecule has 1 aliphatic heterocycles. The van der Waals surface area contributed by atoms with Gasteiger partial charge in [0.25, 0.3) is 0 Å². The molecule has 0 aromatic heterocycles. The lowest BCUT2D eigenvalue weighted by molar-refractivity contribution is -0.129. The number of carbonyl (C=O) groups is 1. The highest BCUT2D eigenvalue weighted by Gasteiger charge is 2.36. The lowest BCUT2D eigenvalue weighted by Crippen LogP contribution is -2.36. The molecule has 2 atom stereocenters. The molecule has 0 aromatic rings. The number of nitrogens with one attached hydrogen (secondary N) is 1. The first-order chi connectivity index (χ1) is 7.85. The summed E-state index contributed by atoms with van der Waals surface area (Å²) in [4.78, 5) is 13.3. The molecule has 0 aromatic carbocycles. The summed E-state index contributed by atoms with van der Waals surface area (Å²) < 4.78 is 35.9. The first-order valence-electron chi connectivity index (χ1n) is 5.62. The van der Waals surface area contributed by atoms with Crippen LogP contribution in [0.5, 0.6) is 0 Å². The standard InChI is InChI=1S/C10H17F3N2OS/c1-3-4-8-9(16)15(7(2)14-8)5-6-17-10(11,12)13/h7-8,14H,3-6H2,1-2H3. The van der Waals surface area contributed by atoms with Gasteiger partial charge >= 0.3 is 5.51 Å². The van der Waals surface area contributed by atoms with Gasteiger partial charge in [-0.2, -0.15) is 13.2 Å². The Bertz CT molecular complexity index is 273. The number of alkyl halides is 3. The summed E-state index contributed by atoms with van der Waals surface area (Å²) >= 11 is -0.0826. The first-order valence-corrected chi connectivity index (χ1v) is 6.61. The second-order valence-electron chi connectivity index (χ2n) is 4.01. The number of hydrogen-bond donors (Lipinski definition) is 1. The molecule has 0 radical (unpaired) electrons. The predicted octanol–water partition coefficient (Wildman–Crippen LogP) is 2.19. The van der Waals surface area contributed by atoms with Crippen LogP contribution in [0.2, 0.25) is 0 Å². The maximum atomic E-state index is 12.0. The smallest absolute Gasteiger partial charge is 0.325 e. The average Bonchev–Trinajstić information content (AvgIpc) is 2.44. The van der Waals surface area contributed by atoms with E-state index in [0.717, 1.165) is 12.8 Å². The van der Waals surface area contributed by atoms with Gasteiger partial charge in [0.1, 0.15) is 0 Å². The van der Waals surface area contributed by atoms with Crippen molar-refractivity contribution in [2.75, 3.05) is 12.3 Å². The molecule has 0 spiro atoms. The quantitative estimate of drug-likeness (QED) is 0.831. The lowest BCUT2D eigenvalue weighted by atomic mass is 10.2. The third-order valence-corrected chi connectivity index (χ3v) is 3.38. The summed E-state index contributed by atoms with van der Waals surface area (Å²) in [6.07, 6.45) is 1.43. The minimum Gasteiger partial charge on any atom is -0.325 e. The van der Waals surface area contributed by atoms with Gasteiger partial charge in [-0.05, 0) is 25.1 Å². The van der Waals surface area contributed by atoms with Crippen LogP contribution in [0.25, 0.3) is 0 Å². The number of hydrogen-bond acceptors (Lipinski definition) is 3. The highest BCUT2D eigenvalue weighted by atomic mass is 32.2. The van der Waals surface area contributed by atoms with E-state index in [1.54, 1.807) is 6.92 Å². The van der Waals surface area contributed by atoms with E-state index in [9.17, 15) is 18.0 Å². The SMILES string of the molecule is CCCC1NC(C)N(CCSC(F)(F)F)C1=O. The summed E-state index contributed by atoms with van der Waals surface area (Å²) in [5.74, 6) is -0.192. The van der Waals surface area contributed by atoms with Crippen molar-refractivity contribution in [3.63, 3.8) is 0 Å². The van der Waals surface area contributed by atoms with E-state index in [1.165, 1.54) is 4.90 Å². The van der Waals surface area contributed by atoms with E-state index >= 15 is 0 Å². The van der Waals surface area contributed by atoms with Crippen LogP contribution in [0.3, 0.4) is 0 Å². The molecule has 0 bridgehead atoms. The van der Waals surface area contributed by atoms with Crippen LogP contribution in [-0.4, -0.2) is 40.8 Å². The Labute approximate surface area is 103 Å². The molecule has 17 heavy (non-hydrogen) atoms. The molecular weight excluding hydrogens is 253 g/mol. The molecule has 3 nitrogen and oxygen atoms in total. The highest BCUT2D eigenvalue weighted by molar-refractivity contribution is 8.00. The summed E-state index contributed by atoms with van der Waals surface area (Å²) in [7, 11) is 0. The topological polar surface area (TPSA) is 32.3 Å². The van der Waals surface area contributed by atoms with Gasteiger partial charge < -0.3 is 4.90 Å². The average molecular weight is 270 g/mol.